The van der Waals surface area contributed by atoms with E-state index in [1.165, 1.54) is 25.7 Å². The number of aromatic nitrogens is 3. The van der Waals surface area contributed by atoms with Crippen molar-refractivity contribution >= 4 is 0 Å². The largest absolute Gasteiger partial charge is 0.314 e. The lowest BCUT2D eigenvalue weighted by Gasteiger charge is -2.15. The highest BCUT2D eigenvalue weighted by atomic mass is 15.3. The van der Waals surface area contributed by atoms with Gasteiger partial charge in [0.25, 0.3) is 0 Å². The zero-order chi connectivity index (χ0) is 10.5. The first-order chi connectivity index (χ1) is 7.40. The zero-order valence-electron chi connectivity index (χ0n) is 9.45. The second-order valence-electron chi connectivity index (χ2n) is 4.20. The second-order valence-corrected chi connectivity index (χ2v) is 4.20. The van der Waals surface area contributed by atoms with Gasteiger partial charge in [-0.3, -0.25) is 4.68 Å². The van der Waals surface area contributed by atoms with Gasteiger partial charge in [-0.1, -0.05) is 12.8 Å². The van der Waals surface area contributed by atoms with Gasteiger partial charge < -0.3 is 5.32 Å². The van der Waals surface area contributed by atoms with Gasteiger partial charge >= 0.3 is 0 Å². The normalized spacial score (nSPS) is 22.6. The standard InChI is InChI=1S/C11H20N4/c1-2-15-11(13-9-14-15)8-10-6-4-3-5-7-12-10/h9-10,12H,2-8H2,1H3. The minimum Gasteiger partial charge on any atom is -0.314 e. The third-order valence-electron chi connectivity index (χ3n) is 3.09. The molecular weight excluding hydrogens is 188 g/mol. The maximum absolute atomic E-state index is 4.32. The Morgan fingerprint density at radius 2 is 2.40 bits per heavy atom. The Balaban J connectivity index is 1.94. The van der Waals surface area contributed by atoms with Crippen LogP contribution in [0.15, 0.2) is 6.33 Å². The number of aryl methyl sites for hydroxylation is 1. The number of rotatable bonds is 3. The molecule has 0 bridgehead atoms. The van der Waals surface area contributed by atoms with Crippen molar-refractivity contribution in [1.29, 1.82) is 0 Å². The highest BCUT2D eigenvalue weighted by Crippen LogP contribution is 2.11. The van der Waals surface area contributed by atoms with Gasteiger partial charge in [0, 0.05) is 19.0 Å². The summed E-state index contributed by atoms with van der Waals surface area (Å²) in [4.78, 5) is 4.32. The van der Waals surface area contributed by atoms with Crippen molar-refractivity contribution in [2.75, 3.05) is 6.54 Å². The molecule has 2 heterocycles. The Kier molecular flexibility index (Phi) is 3.72. The van der Waals surface area contributed by atoms with Crippen LogP contribution >= 0.6 is 0 Å². The van der Waals surface area contributed by atoms with Gasteiger partial charge in [0.05, 0.1) is 0 Å². The summed E-state index contributed by atoms with van der Waals surface area (Å²) < 4.78 is 1.99. The summed E-state index contributed by atoms with van der Waals surface area (Å²) in [6.07, 6.45) is 7.98. The van der Waals surface area contributed by atoms with Crippen molar-refractivity contribution in [3.8, 4) is 0 Å². The van der Waals surface area contributed by atoms with Crippen LogP contribution in [-0.4, -0.2) is 27.4 Å². The molecule has 4 nitrogen and oxygen atoms in total. The lowest BCUT2D eigenvalue weighted by molar-refractivity contribution is 0.479. The first kappa shape index (κ1) is 10.6. The second kappa shape index (κ2) is 5.26. The molecule has 0 aromatic carbocycles. The summed E-state index contributed by atoms with van der Waals surface area (Å²) in [7, 11) is 0. The molecule has 0 spiro atoms. The molecule has 0 saturated carbocycles. The monoisotopic (exact) mass is 208 g/mol. The predicted octanol–water partition coefficient (Wildman–Crippen LogP) is 1.37. The van der Waals surface area contributed by atoms with E-state index in [0.717, 1.165) is 25.3 Å². The van der Waals surface area contributed by atoms with Gasteiger partial charge in [0.2, 0.25) is 0 Å². The van der Waals surface area contributed by atoms with E-state index in [2.05, 4.69) is 22.3 Å². The number of hydrogen-bond acceptors (Lipinski definition) is 3. The Hall–Kier alpha value is -0.900. The van der Waals surface area contributed by atoms with Crippen molar-refractivity contribution in [2.24, 2.45) is 0 Å². The average Bonchev–Trinajstić information content (AvgIpc) is 2.53. The Labute approximate surface area is 91.1 Å². The fraction of sp³-hybridized carbons (Fsp3) is 0.818. The molecule has 1 N–H and O–H groups in total. The SMILES string of the molecule is CCn1ncnc1CC1CCCCCN1. The summed E-state index contributed by atoms with van der Waals surface area (Å²) in [5, 5.41) is 7.79. The molecule has 1 aromatic heterocycles. The van der Waals surface area contributed by atoms with Crippen LogP contribution in [0.1, 0.15) is 38.4 Å². The Bertz CT molecular complexity index is 287. The molecule has 1 fully saturated rings. The summed E-state index contributed by atoms with van der Waals surface area (Å²) in [5.74, 6) is 1.12. The van der Waals surface area contributed by atoms with Gasteiger partial charge in [0.15, 0.2) is 0 Å². The Morgan fingerprint density at radius 3 is 3.27 bits per heavy atom. The first-order valence-electron chi connectivity index (χ1n) is 6.00. The molecule has 1 aromatic rings. The molecule has 1 aliphatic rings. The molecule has 84 valence electrons. The molecule has 0 amide bonds. The lowest BCUT2D eigenvalue weighted by Crippen LogP contribution is -2.31. The number of hydrogen-bond donors (Lipinski definition) is 1. The van der Waals surface area contributed by atoms with Crippen LogP contribution in [0.3, 0.4) is 0 Å². The van der Waals surface area contributed by atoms with Crippen LogP contribution < -0.4 is 5.32 Å². The number of nitrogens with one attached hydrogen (secondary N) is 1. The van der Waals surface area contributed by atoms with Crippen LogP contribution in [0, 0.1) is 0 Å². The zero-order valence-corrected chi connectivity index (χ0v) is 9.45. The fourth-order valence-electron chi connectivity index (χ4n) is 2.21. The number of nitrogens with zero attached hydrogens (tertiary/aromatic N) is 3. The summed E-state index contributed by atoms with van der Waals surface area (Å²) in [5.41, 5.74) is 0. The third-order valence-corrected chi connectivity index (χ3v) is 3.09. The highest BCUT2D eigenvalue weighted by molar-refractivity contribution is 4.90. The molecule has 0 radical (unpaired) electrons. The molecule has 1 saturated heterocycles. The van der Waals surface area contributed by atoms with Gasteiger partial charge in [0.1, 0.15) is 12.2 Å². The summed E-state index contributed by atoms with van der Waals surface area (Å²) in [6, 6.07) is 0.599. The van der Waals surface area contributed by atoms with Crippen molar-refractivity contribution in [2.45, 2.75) is 51.6 Å². The molecule has 1 unspecified atom stereocenters. The Morgan fingerprint density at radius 1 is 1.47 bits per heavy atom. The van der Waals surface area contributed by atoms with Crippen LogP contribution in [0.5, 0.6) is 0 Å². The maximum atomic E-state index is 4.32. The van der Waals surface area contributed by atoms with Gasteiger partial charge in [-0.2, -0.15) is 5.10 Å². The molecular formula is C11H20N4. The third kappa shape index (κ3) is 2.78. The van der Waals surface area contributed by atoms with E-state index >= 15 is 0 Å². The van der Waals surface area contributed by atoms with E-state index in [9.17, 15) is 0 Å². The van der Waals surface area contributed by atoms with Crippen molar-refractivity contribution in [1.82, 2.24) is 20.1 Å². The van der Waals surface area contributed by atoms with Crippen LogP contribution in [0.25, 0.3) is 0 Å². The molecule has 0 aliphatic carbocycles. The van der Waals surface area contributed by atoms with Gasteiger partial charge in [-0.15, -0.1) is 0 Å². The van der Waals surface area contributed by atoms with Gasteiger partial charge in [-0.05, 0) is 26.3 Å². The first-order valence-corrected chi connectivity index (χ1v) is 6.00. The van der Waals surface area contributed by atoms with E-state index in [0.29, 0.717) is 6.04 Å². The topological polar surface area (TPSA) is 42.7 Å². The lowest BCUT2D eigenvalue weighted by atomic mass is 10.1. The molecule has 1 atom stereocenters. The van der Waals surface area contributed by atoms with Crippen LogP contribution in [-0.2, 0) is 13.0 Å². The van der Waals surface area contributed by atoms with Crippen molar-refractivity contribution in [3.63, 3.8) is 0 Å². The maximum Gasteiger partial charge on any atom is 0.138 e. The minimum atomic E-state index is 0.599. The van der Waals surface area contributed by atoms with E-state index in [1.807, 2.05) is 4.68 Å². The summed E-state index contributed by atoms with van der Waals surface area (Å²) in [6.45, 7) is 4.19. The minimum absolute atomic E-state index is 0.599. The molecule has 1 aliphatic heterocycles. The van der Waals surface area contributed by atoms with E-state index in [4.69, 9.17) is 0 Å². The fourth-order valence-corrected chi connectivity index (χ4v) is 2.21. The quantitative estimate of drug-likeness (QED) is 0.816. The van der Waals surface area contributed by atoms with Crippen LogP contribution in [0.4, 0.5) is 0 Å². The highest BCUT2D eigenvalue weighted by Gasteiger charge is 2.14. The van der Waals surface area contributed by atoms with Gasteiger partial charge in [-0.25, -0.2) is 4.98 Å². The van der Waals surface area contributed by atoms with Crippen molar-refractivity contribution < 1.29 is 0 Å². The molecule has 2 rings (SSSR count). The smallest absolute Gasteiger partial charge is 0.138 e. The average molecular weight is 208 g/mol. The predicted molar refractivity (Wildman–Crippen MR) is 59.7 cm³/mol. The molecule has 4 heteroatoms. The van der Waals surface area contributed by atoms with Crippen LogP contribution in [0.2, 0.25) is 0 Å². The van der Waals surface area contributed by atoms with E-state index in [1.54, 1.807) is 6.33 Å². The van der Waals surface area contributed by atoms with Crippen molar-refractivity contribution in [3.05, 3.63) is 12.2 Å². The molecule has 15 heavy (non-hydrogen) atoms. The van der Waals surface area contributed by atoms with E-state index < -0.39 is 0 Å². The van der Waals surface area contributed by atoms with E-state index in [-0.39, 0.29) is 0 Å². The summed E-state index contributed by atoms with van der Waals surface area (Å²) >= 11 is 0.